The molecule has 3 N–H and O–H groups in total. The van der Waals surface area contributed by atoms with E-state index in [1.165, 1.54) is 26.4 Å². The van der Waals surface area contributed by atoms with Gasteiger partial charge in [0.2, 0.25) is 15.6 Å². The van der Waals surface area contributed by atoms with Crippen molar-refractivity contribution < 1.29 is 22.7 Å². The number of ketones is 1. The lowest BCUT2D eigenvalue weighted by Gasteiger charge is -2.12. The number of benzene rings is 3. The molecule has 1 heterocycles. The summed E-state index contributed by atoms with van der Waals surface area (Å²) < 4.78 is 37.9. The molecule has 0 aliphatic carbocycles. The molecule has 1 aromatic heterocycles. The van der Waals surface area contributed by atoms with Crippen molar-refractivity contribution in [2.45, 2.75) is 23.1 Å². The van der Waals surface area contributed by atoms with Crippen molar-refractivity contribution in [2.75, 3.05) is 25.3 Å². The Hall–Kier alpha value is -3.82. The largest absolute Gasteiger partial charge is 0.497 e. The molecular formula is C27H26N2O5S2. The lowest BCUT2D eigenvalue weighted by Crippen LogP contribution is -2.08. The molecule has 0 radical (unpaired) electrons. The SMILES string of the molecule is CCc1ccccc1Nc1sc(C(=O)c2ccc(OC)cc2)c(N)c1S(=O)(=O)c1ccc(OC)cc1. The molecule has 0 unspecified atom stereocenters. The third-order valence-corrected chi connectivity index (χ3v) is 8.85. The van der Waals surface area contributed by atoms with Gasteiger partial charge in [-0.2, -0.15) is 0 Å². The number of rotatable bonds is 9. The molecule has 9 heteroatoms. The first-order chi connectivity index (χ1) is 17.3. The van der Waals surface area contributed by atoms with Crippen molar-refractivity contribution in [3.8, 4) is 11.5 Å². The number of anilines is 3. The lowest BCUT2D eigenvalue weighted by atomic mass is 10.1. The fourth-order valence-corrected chi connectivity index (χ4v) is 6.69. The van der Waals surface area contributed by atoms with Crippen molar-refractivity contribution in [1.82, 2.24) is 0 Å². The maximum absolute atomic E-state index is 13.8. The van der Waals surface area contributed by atoms with Crippen LogP contribution in [0.1, 0.15) is 27.7 Å². The molecule has 36 heavy (non-hydrogen) atoms. The third kappa shape index (κ3) is 4.80. The number of carbonyl (C=O) groups excluding carboxylic acids is 1. The predicted molar refractivity (Wildman–Crippen MR) is 143 cm³/mol. The van der Waals surface area contributed by atoms with Crippen molar-refractivity contribution in [2.24, 2.45) is 0 Å². The van der Waals surface area contributed by atoms with Crippen LogP contribution in [0, 0.1) is 0 Å². The van der Waals surface area contributed by atoms with E-state index in [2.05, 4.69) is 5.32 Å². The second-order valence-electron chi connectivity index (χ2n) is 7.88. The van der Waals surface area contributed by atoms with Crippen molar-refractivity contribution in [1.29, 1.82) is 0 Å². The average Bonchev–Trinajstić information content (AvgIpc) is 3.24. The number of aryl methyl sites for hydroxylation is 1. The van der Waals surface area contributed by atoms with E-state index in [1.54, 1.807) is 36.4 Å². The van der Waals surface area contributed by atoms with Gasteiger partial charge in [-0.25, -0.2) is 8.42 Å². The second-order valence-corrected chi connectivity index (χ2v) is 10.8. The highest BCUT2D eigenvalue weighted by Crippen LogP contribution is 2.44. The molecule has 0 aliphatic rings. The minimum Gasteiger partial charge on any atom is -0.497 e. The zero-order chi connectivity index (χ0) is 25.9. The molecule has 4 aromatic rings. The fourth-order valence-electron chi connectivity index (χ4n) is 3.77. The average molecular weight is 523 g/mol. The fraction of sp³-hybridized carbons (Fsp3) is 0.148. The quantitative estimate of drug-likeness (QED) is 0.271. The smallest absolute Gasteiger partial charge is 0.211 e. The number of nitrogens with one attached hydrogen (secondary N) is 1. The van der Waals surface area contributed by atoms with Crippen LogP contribution < -0.4 is 20.5 Å². The van der Waals surface area contributed by atoms with Crippen LogP contribution in [0.4, 0.5) is 16.4 Å². The van der Waals surface area contributed by atoms with Crippen LogP contribution in [-0.2, 0) is 16.3 Å². The Balaban J connectivity index is 1.87. The van der Waals surface area contributed by atoms with Gasteiger partial charge in [0, 0.05) is 11.3 Å². The van der Waals surface area contributed by atoms with Gasteiger partial charge < -0.3 is 20.5 Å². The maximum Gasteiger partial charge on any atom is 0.211 e. The lowest BCUT2D eigenvalue weighted by molar-refractivity contribution is 0.104. The molecule has 0 saturated carbocycles. The summed E-state index contributed by atoms with van der Waals surface area (Å²) in [4.78, 5) is 13.5. The van der Waals surface area contributed by atoms with Gasteiger partial charge in [0.15, 0.2) is 0 Å². The predicted octanol–water partition coefficient (Wildman–Crippen LogP) is 5.72. The molecule has 0 bridgehead atoms. The van der Waals surface area contributed by atoms with Gasteiger partial charge in [-0.3, -0.25) is 4.79 Å². The van der Waals surface area contributed by atoms with Crippen molar-refractivity contribution in [3.05, 3.63) is 88.8 Å². The number of thiophene rings is 1. The number of sulfone groups is 1. The standard InChI is InChI=1S/C27H26N2O5S2/c1-4-17-7-5-6-8-22(17)29-27-26(36(31,32)21-15-13-20(34-3)14-16-21)23(28)25(35-27)24(30)18-9-11-19(33-2)12-10-18/h5-16,29H,4,28H2,1-3H3. The van der Waals surface area contributed by atoms with Crippen LogP contribution in [0.15, 0.2) is 82.6 Å². The first-order valence-electron chi connectivity index (χ1n) is 11.1. The van der Waals surface area contributed by atoms with E-state index in [0.717, 1.165) is 29.0 Å². The Labute approximate surface area is 214 Å². The Morgan fingerprint density at radius 3 is 2.08 bits per heavy atom. The van der Waals surface area contributed by atoms with Gasteiger partial charge in [-0.05, 0) is 66.6 Å². The molecule has 3 aromatic carbocycles. The first-order valence-corrected chi connectivity index (χ1v) is 13.4. The summed E-state index contributed by atoms with van der Waals surface area (Å²) in [5.41, 5.74) is 8.45. The zero-order valence-corrected chi connectivity index (χ0v) is 21.7. The zero-order valence-electron chi connectivity index (χ0n) is 20.1. The van der Waals surface area contributed by atoms with E-state index < -0.39 is 9.84 Å². The summed E-state index contributed by atoms with van der Waals surface area (Å²) in [6, 6.07) is 20.2. The monoisotopic (exact) mass is 522 g/mol. The van der Waals surface area contributed by atoms with Crippen LogP contribution in [0.2, 0.25) is 0 Å². The molecular weight excluding hydrogens is 496 g/mol. The number of hydrogen-bond acceptors (Lipinski definition) is 8. The number of para-hydroxylation sites is 1. The van der Waals surface area contributed by atoms with Crippen LogP contribution in [-0.4, -0.2) is 28.4 Å². The van der Waals surface area contributed by atoms with E-state index >= 15 is 0 Å². The van der Waals surface area contributed by atoms with E-state index in [9.17, 15) is 13.2 Å². The van der Waals surface area contributed by atoms with Crippen LogP contribution in [0.5, 0.6) is 11.5 Å². The van der Waals surface area contributed by atoms with Gasteiger partial charge in [-0.15, -0.1) is 11.3 Å². The molecule has 0 fully saturated rings. The summed E-state index contributed by atoms with van der Waals surface area (Å²) in [7, 11) is -1.03. The minimum absolute atomic E-state index is 0.0445. The Bertz CT molecular complexity index is 1490. The molecule has 0 atom stereocenters. The molecule has 186 valence electrons. The molecule has 7 nitrogen and oxygen atoms in total. The Morgan fingerprint density at radius 1 is 0.917 bits per heavy atom. The highest BCUT2D eigenvalue weighted by molar-refractivity contribution is 7.92. The summed E-state index contributed by atoms with van der Waals surface area (Å²) in [5.74, 6) is 0.757. The second kappa shape index (κ2) is 10.4. The number of hydrogen-bond donors (Lipinski definition) is 2. The first kappa shape index (κ1) is 25.3. The molecule has 0 saturated heterocycles. The third-order valence-electron chi connectivity index (χ3n) is 5.74. The van der Waals surface area contributed by atoms with Crippen molar-refractivity contribution in [3.63, 3.8) is 0 Å². The van der Waals surface area contributed by atoms with E-state index in [-0.39, 0.29) is 31.1 Å². The van der Waals surface area contributed by atoms with Crippen LogP contribution in [0.25, 0.3) is 0 Å². The topological polar surface area (TPSA) is 108 Å². The minimum atomic E-state index is -4.08. The van der Waals surface area contributed by atoms with E-state index in [0.29, 0.717) is 17.1 Å². The summed E-state index contributed by atoms with van der Waals surface area (Å²) in [6.45, 7) is 2.01. The van der Waals surface area contributed by atoms with Gasteiger partial charge >= 0.3 is 0 Å². The van der Waals surface area contributed by atoms with E-state index in [1.807, 2.05) is 31.2 Å². The number of ether oxygens (including phenoxy) is 2. The van der Waals surface area contributed by atoms with Crippen LogP contribution in [0.3, 0.4) is 0 Å². The van der Waals surface area contributed by atoms with Gasteiger partial charge in [0.25, 0.3) is 0 Å². The van der Waals surface area contributed by atoms with Gasteiger partial charge in [0.1, 0.15) is 26.3 Å². The molecule has 4 rings (SSSR count). The highest BCUT2D eigenvalue weighted by Gasteiger charge is 2.32. The number of nitrogen functional groups attached to an aromatic ring is 1. The number of methoxy groups -OCH3 is 2. The normalized spacial score (nSPS) is 11.2. The van der Waals surface area contributed by atoms with Gasteiger partial charge in [-0.1, -0.05) is 25.1 Å². The van der Waals surface area contributed by atoms with Crippen molar-refractivity contribution >= 4 is 43.3 Å². The highest BCUT2D eigenvalue weighted by atomic mass is 32.2. The van der Waals surface area contributed by atoms with E-state index in [4.69, 9.17) is 15.2 Å². The Morgan fingerprint density at radius 2 is 1.50 bits per heavy atom. The molecule has 0 aliphatic heterocycles. The summed E-state index contributed by atoms with van der Waals surface area (Å²) in [6.07, 6.45) is 0.738. The number of carbonyl (C=O) groups is 1. The molecule has 0 spiro atoms. The van der Waals surface area contributed by atoms with Crippen LogP contribution >= 0.6 is 11.3 Å². The number of nitrogens with two attached hydrogens (primary N) is 1. The summed E-state index contributed by atoms with van der Waals surface area (Å²) >= 11 is 1.02. The van der Waals surface area contributed by atoms with Gasteiger partial charge in [0.05, 0.1) is 24.8 Å². The summed E-state index contributed by atoms with van der Waals surface area (Å²) in [5, 5.41) is 3.52. The molecule has 0 amide bonds. The maximum atomic E-state index is 13.8. The Kier molecular flexibility index (Phi) is 7.32.